The lowest BCUT2D eigenvalue weighted by Crippen LogP contribution is -1.98. The van der Waals surface area contributed by atoms with Crippen molar-refractivity contribution in [3.05, 3.63) is 265 Å². The summed E-state index contributed by atoms with van der Waals surface area (Å²) in [7, 11) is 0. The third kappa shape index (κ3) is 7.18. The SMILES string of the molecule is Brc1cc(-c2ccc3c(c2)c2ccccc2n3-c2cccc(-c3ccccc3-c3ccccc3)c2)cc(-c2ccc3c(c2)c2ccccc2n3-c2cc(-c3ccccc3)ccc2-c2ccccc2)c1. The average Bonchev–Trinajstić information content (AvgIpc) is 3.93. The molecule has 0 N–H and O–H groups in total. The number of halogens is 1. The van der Waals surface area contributed by atoms with Crippen LogP contribution in [0, 0.1) is 0 Å². The van der Waals surface area contributed by atoms with Crippen LogP contribution < -0.4 is 0 Å². The summed E-state index contributed by atoms with van der Waals surface area (Å²) in [5, 5.41) is 4.89. The molecule has 0 amide bonds. The molecule has 324 valence electrons. The van der Waals surface area contributed by atoms with Gasteiger partial charge in [0.2, 0.25) is 0 Å². The third-order valence-electron chi connectivity index (χ3n) is 13.8. The second-order valence-electron chi connectivity index (χ2n) is 17.8. The summed E-state index contributed by atoms with van der Waals surface area (Å²) in [6, 6.07) is 95.1. The summed E-state index contributed by atoms with van der Waals surface area (Å²) in [5.41, 5.74) is 21.3. The maximum Gasteiger partial charge on any atom is 0.0546 e. The first-order valence-electron chi connectivity index (χ1n) is 23.5. The predicted molar refractivity (Wildman–Crippen MR) is 295 cm³/mol. The van der Waals surface area contributed by atoms with E-state index in [2.05, 4.69) is 286 Å². The first-order chi connectivity index (χ1) is 34.1. The fraction of sp³-hybridized carbons (Fsp3) is 0. The molecule has 11 aromatic carbocycles. The Kier molecular flexibility index (Phi) is 10.0. The van der Waals surface area contributed by atoms with Crippen LogP contribution >= 0.6 is 15.9 Å². The van der Waals surface area contributed by atoms with E-state index in [-0.39, 0.29) is 0 Å². The first kappa shape index (κ1) is 40.7. The monoisotopic (exact) mass is 942 g/mol. The van der Waals surface area contributed by atoms with Crippen LogP contribution in [0.3, 0.4) is 0 Å². The van der Waals surface area contributed by atoms with Crippen LogP contribution in [-0.2, 0) is 0 Å². The van der Waals surface area contributed by atoms with E-state index in [1.807, 2.05) is 0 Å². The Morgan fingerprint density at radius 3 is 1.30 bits per heavy atom. The highest BCUT2D eigenvalue weighted by Gasteiger charge is 2.19. The number of para-hydroxylation sites is 2. The Balaban J connectivity index is 0.916. The largest absolute Gasteiger partial charge is 0.309 e. The highest BCUT2D eigenvalue weighted by atomic mass is 79.9. The van der Waals surface area contributed by atoms with Gasteiger partial charge in [0.25, 0.3) is 0 Å². The van der Waals surface area contributed by atoms with Crippen LogP contribution in [-0.4, -0.2) is 9.13 Å². The summed E-state index contributed by atoms with van der Waals surface area (Å²) in [6.45, 7) is 0. The van der Waals surface area contributed by atoms with E-state index in [0.717, 1.165) is 27.0 Å². The molecule has 0 aliphatic rings. The lowest BCUT2D eigenvalue weighted by Gasteiger charge is -2.16. The first-order valence-corrected chi connectivity index (χ1v) is 24.3. The summed E-state index contributed by atoms with van der Waals surface area (Å²) >= 11 is 3.95. The molecule has 0 atom stereocenters. The van der Waals surface area contributed by atoms with E-state index in [1.165, 1.54) is 99.2 Å². The fourth-order valence-corrected chi connectivity index (χ4v) is 11.1. The van der Waals surface area contributed by atoms with E-state index in [1.54, 1.807) is 0 Å². The lowest BCUT2D eigenvalue weighted by molar-refractivity contribution is 1.18. The zero-order chi connectivity index (χ0) is 45.8. The fourth-order valence-electron chi connectivity index (χ4n) is 10.6. The number of rotatable bonds is 8. The quantitative estimate of drug-likeness (QED) is 0.144. The molecule has 2 aromatic heterocycles. The van der Waals surface area contributed by atoms with Crippen molar-refractivity contribution >= 4 is 59.5 Å². The van der Waals surface area contributed by atoms with Gasteiger partial charge in [-0.15, -0.1) is 0 Å². The molecule has 0 fully saturated rings. The molecule has 0 saturated carbocycles. The summed E-state index contributed by atoms with van der Waals surface area (Å²) in [5.74, 6) is 0. The summed E-state index contributed by atoms with van der Waals surface area (Å²) in [6.07, 6.45) is 0. The molecule has 0 radical (unpaired) electrons. The zero-order valence-electron chi connectivity index (χ0n) is 37.6. The minimum atomic E-state index is 1.04. The van der Waals surface area contributed by atoms with Crippen molar-refractivity contribution in [1.82, 2.24) is 9.13 Å². The van der Waals surface area contributed by atoms with E-state index < -0.39 is 0 Å². The summed E-state index contributed by atoms with van der Waals surface area (Å²) in [4.78, 5) is 0. The molecule has 2 nitrogen and oxygen atoms in total. The summed E-state index contributed by atoms with van der Waals surface area (Å²) < 4.78 is 5.92. The highest BCUT2D eigenvalue weighted by Crippen LogP contribution is 2.42. The molecule has 0 aliphatic heterocycles. The topological polar surface area (TPSA) is 9.86 Å². The molecular weight excluding hydrogens is 901 g/mol. The van der Waals surface area contributed by atoms with Crippen molar-refractivity contribution < 1.29 is 0 Å². The predicted octanol–water partition coefficient (Wildman–Crippen LogP) is 18.6. The number of aromatic nitrogens is 2. The van der Waals surface area contributed by atoms with Gasteiger partial charge in [-0.1, -0.05) is 204 Å². The number of benzene rings is 11. The number of fused-ring (bicyclic) bond motifs is 6. The van der Waals surface area contributed by atoms with Crippen molar-refractivity contribution in [3.8, 4) is 78.1 Å². The number of hydrogen-bond donors (Lipinski definition) is 0. The maximum atomic E-state index is 3.95. The van der Waals surface area contributed by atoms with Gasteiger partial charge in [-0.25, -0.2) is 0 Å². The number of hydrogen-bond acceptors (Lipinski definition) is 0. The number of nitrogens with zero attached hydrogens (tertiary/aromatic N) is 2. The van der Waals surface area contributed by atoms with Crippen LogP contribution in [0.1, 0.15) is 0 Å². The van der Waals surface area contributed by atoms with Gasteiger partial charge in [0.15, 0.2) is 0 Å². The molecule has 69 heavy (non-hydrogen) atoms. The zero-order valence-corrected chi connectivity index (χ0v) is 39.2. The third-order valence-corrected chi connectivity index (χ3v) is 14.2. The Labute approximate surface area is 409 Å². The molecule has 0 saturated heterocycles. The minimum Gasteiger partial charge on any atom is -0.309 e. The van der Waals surface area contributed by atoms with Crippen molar-refractivity contribution in [3.63, 3.8) is 0 Å². The molecule has 0 spiro atoms. The second-order valence-corrected chi connectivity index (χ2v) is 18.7. The van der Waals surface area contributed by atoms with Gasteiger partial charge in [0.1, 0.15) is 0 Å². The highest BCUT2D eigenvalue weighted by molar-refractivity contribution is 9.10. The van der Waals surface area contributed by atoms with Crippen LogP contribution in [0.2, 0.25) is 0 Å². The Morgan fingerprint density at radius 1 is 0.232 bits per heavy atom. The van der Waals surface area contributed by atoms with Crippen LogP contribution in [0.15, 0.2) is 265 Å². The Morgan fingerprint density at radius 2 is 0.681 bits per heavy atom. The van der Waals surface area contributed by atoms with Gasteiger partial charge >= 0.3 is 0 Å². The second kappa shape index (κ2) is 17.0. The Bertz CT molecular complexity index is 4070. The van der Waals surface area contributed by atoms with Crippen molar-refractivity contribution in [2.45, 2.75) is 0 Å². The molecule has 0 unspecified atom stereocenters. The maximum absolute atomic E-state index is 3.95. The van der Waals surface area contributed by atoms with Gasteiger partial charge < -0.3 is 9.13 Å². The van der Waals surface area contributed by atoms with Gasteiger partial charge in [0.05, 0.1) is 27.8 Å². The lowest BCUT2D eigenvalue weighted by atomic mass is 9.94. The van der Waals surface area contributed by atoms with Crippen molar-refractivity contribution in [2.75, 3.05) is 0 Å². The minimum absolute atomic E-state index is 1.04. The van der Waals surface area contributed by atoms with E-state index >= 15 is 0 Å². The molecule has 13 aromatic rings. The van der Waals surface area contributed by atoms with Crippen LogP contribution in [0.4, 0.5) is 0 Å². The van der Waals surface area contributed by atoms with Gasteiger partial charge in [-0.2, -0.15) is 0 Å². The van der Waals surface area contributed by atoms with Crippen molar-refractivity contribution in [1.29, 1.82) is 0 Å². The Hall–Kier alpha value is -8.50. The molecular formula is C66H43BrN2. The standard InChI is InChI=1S/C66H43BrN2/c67-53-38-51(47-32-35-64-60(41-47)58-27-12-14-29-62(58)68(64)54-24-16-23-50(40-54)56-26-11-10-25-55(56)45-19-6-2-7-20-45)37-52(39-53)48-33-36-65-61(42-48)59-28-13-15-30-63(59)69(65)66-43-49(44-17-4-1-5-18-44)31-34-57(66)46-21-8-3-9-22-46/h1-43H. The van der Waals surface area contributed by atoms with Gasteiger partial charge in [-0.05, 0) is 134 Å². The van der Waals surface area contributed by atoms with Crippen molar-refractivity contribution in [2.24, 2.45) is 0 Å². The van der Waals surface area contributed by atoms with Crippen LogP contribution in [0.5, 0.6) is 0 Å². The van der Waals surface area contributed by atoms with Gasteiger partial charge in [0, 0.05) is 37.3 Å². The van der Waals surface area contributed by atoms with E-state index in [9.17, 15) is 0 Å². The molecule has 0 bridgehead atoms. The smallest absolute Gasteiger partial charge is 0.0546 e. The molecule has 3 heteroatoms. The molecule has 2 heterocycles. The van der Waals surface area contributed by atoms with E-state index in [0.29, 0.717) is 0 Å². The molecule has 13 rings (SSSR count). The van der Waals surface area contributed by atoms with E-state index in [4.69, 9.17) is 0 Å². The average molecular weight is 944 g/mol. The normalized spacial score (nSPS) is 11.6. The molecule has 0 aliphatic carbocycles. The van der Waals surface area contributed by atoms with Gasteiger partial charge in [-0.3, -0.25) is 0 Å². The van der Waals surface area contributed by atoms with Crippen LogP contribution in [0.25, 0.3) is 122 Å².